The lowest BCUT2D eigenvalue weighted by Crippen LogP contribution is -3.26. The van der Waals surface area contributed by atoms with E-state index in [-0.39, 0.29) is 0 Å². The van der Waals surface area contributed by atoms with Crippen LogP contribution in [0.1, 0.15) is 6.92 Å². The molecule has 0 aromatic rings. The Kier molecular flexibility index (Phi) is 3.52. The fraction of sp³-hybridized carbons (Fsp3) is 0.750. The summed E-state index contributed by atoms with van der Waals surface area (Å²) in [4.78, 5) is 3.07. The highest BCUT2D eigenvalue weighted by Gasteiger charge is 2.20. The first kappa shape index (κ1) is 9.51. The molecule has 1 fully saturated rings. The summed E-state index contributed by atoms with van der Waals surface area (Å²) in [6, 6.07) is 0. The van der Waals surface area contributed by atoms with Crippen LogP contribution >= 0.6 is 0 Å². The van der Waals surface area contributed by atoms with E-state index in [1.165, 1.54) is 23.7 Å². The van der Waals surface area contributed by atoms with E-state index in [0.29, 0.717) is 0 Å². The van der Waals surface area contributed by atoms with Crippen molar-refractivity contribution in [2.75, 3.05) is 33.2 Å². The van der Waals surface area contributed by atoms with Crippen molar-refractivity contribution in [2.45, 2.75) is 6.92 Å². The Morgan fingerprint density at radius 2 is 1.92 bits per heavy atom. The van der Waals surface area contributed by atoms with Gasteiger partial charge < -0.3 is 4.90 Å². The van der Waals surface area contributed by atoms with Crippen LogP contribution < -0.4 is 15.3 Å². The first-order valence-electron chi connectivity index (χ1n) is 4.47. The minimum absolute atomic E-state index is 1.16. The molecule has 0 saturated carbocycles. The highest BCUT2D eigenvalue weighted by Crippen LogP contribution is 1.75. The van der Waals surface area contributed by atoms with E-state index >= 15 is 0 Å². The van der Waals surface area contributed by atoms with Crippen molar-refractivity contribution in [1.29, 1.82) is 0 Å². The molecular weight excluding hydrogens is 154 g/mol. The van der Waals surface area contributed by atoms with Crippen LogP contribution in [0, 0.1) is 0 Å². The van der Waals surface area contributed by atoms with Crippen molar-refractivity contribution in [1.82, 2.24) is 5.48 Å². The van der Waals surface area contributed by atoms with Gasteiger partial charge in [0.2, 0.25) is 0 Å². The smallest absolute Gasteiger partial charge is 0.131 e. The lowest BCUT2D eigenvalue weighted by Gasteiger charge is -2.27. The molecule has 1 rings (SSSR count). The first-order valence-corrected chi connectivity index (χ1v) is 4.47. The van der Waals surface area contributed by atoms with Gasteiger partial charge in [-0.05, 0) is 0 Å². The fourth-order valence-corrected chi connectivity index (χ4v) is 1.57. The molecule has 4 nitrogen and oxygen atoms in total. The van der Waals surface area contributed by atoms with Crippen molar-refractivity contribution in [3.63, 3.8) is 0 Å². The second-order valence-electron chi connectivity index (χ2n) is 3.52. The molecule has 0 atom stereocenters. The van der Waals surface area contributed by atoms with Gasteiger partial charge >= 0.3 is 0 Å². The van der Waals surface area contributed by atoms with Gasteiger partial charge in [0, 0.05) is 6.92 Å². The first-order chi connectivity index (χ1) is 5.74. The quantitative estimate of drug-likeness (QED) is 0.342. The van der Waals surface area contributed by atoms with Gasteiger partial charge in [0.15, 0.2) is 0 Å². The Morgan fingerprint density at radius 1 is 1.33 bits per heavy atom. The standard InChI is InChI=1S/C8H17N3O/c1-8(7-9-12)11-5-3-10(2)4-6-11/h7,9,12H,3-6H2,1-2H3/p+2. The lowest BCUT2D eigenvalue weighted by atomic mass is 10.3. The molecule has 0 aromatic heterocycles. The highest BCUT2D eigenvalue weighted by atomic mass is 16.5. The Morgan fingerprint density at radius 3 is 2.42 bits per heavy atom. The van der Waals surface area contributed by atoms with Gasteiger partial charge in [-0.3, -0.25) is 15.6 Å². The number of quaternary nitrogens is 2. The summed E-state index contributed by atoms with van der Waals surface area (Å²) in [5, 5.41) is 8.47. The van der Waals surface area contributed by atoms with Gasteiger partial charge in [0.25, 0.3) is 0 Å². The highest BCUT2D eigenvalue weighted by molar-refractivity contribution is 4.81. The predicted octanol–water partition coefficient (Wildman–Crippen LogP) is -2.76. The maximum absolute atomic E-state index is 8.47. The van der Waals surface area contributed by atoms with Gasteiger partial charge in [0.1, 0.15) is 31.9 Å². The normalized spacial score (nSPS) is 31.8. The van der Waals surface area contributed by atoms with Gasteiger partial charge in [0.05, 0.1) is 13.2 Å². The van der Waals surface area contributed by atoms with E-state index < -0.39 is 0 Å². The molecular formula is C8H19N3O+2. The molecule has 0 unspecified atom stereocenters. The number of rotatable bonds is 2. The van der Waals surface area contributed by atoms with Crippen molar-refractivity contribution in [3.8, 4) is 0 Å². The number of likely N-dealkylation sites (N-methyl/N-ethyl adjacent to an activating group) is 1. The average molecular weight is 173 g/mol. The summed E-state index contributed by atoms with van der Waals surface area (Å²) in [5.41, 5.74) is 3.27. The lowest BCUT2D eigenvalue weighted by molar-refractivity contribution is -0.986. The van der Waals surface area contributed by atoms with Gasteiger partial charge in [-0.2, -0.15) is 0 Å². The Balaban J connectivity index is 2.39. The van der Waals surface area contributed by atoms with Crippen LogP contribution in [0.4, 0.5) is 0 Å². The third kappa shape index (κ3) is 2.48. The number of allylic oxidation sites excluding steroid dienone is 1. The predicted molar refractivity (Wildman–Crippen MR) is 46.0 cm³/mol. The van der Waals surface area contributed by atoms with Crippen molar-refractivity contribution < 1.29 is 15.0 Å². The largest absolute Gasteiger partial charge is 0.328 e. The van der Waals surface area contributed by atoms with Crippen LogP contribution in [-0.4, -0.2) is 38.4 Å². The van der Waals surface area contributed by atoms with Crippen LogP contribution in [-0.2, 0) is 0 Å². The Labute approximate surface area is 73.4 Å². The molecule has 0 radical (unpaired) electrons. The molecule has 0 aliphatic carbocycles. The maximum Gasteiger partial charge on any atom is 0.131 e. The molecule has 1 saturated heterocycles. The topological polar surface area (TPSA) is 41.1 Å². The maximum atomic E-state index is 8.47. The van der Waals surface area contributed by atoms with E-state index in [1.807, 2.05) is 6.92 Å². The molecule has 4 N–H and O–H groups in total. The zero-order valence-corrected chi connectivity index (χ0v) is 7.85. The molecule has 70 valence electrons. The molecule has 1 aliphatic rings. The molecule has 0 aromatic carbocycles. The van der Waals surface area contributed by atoms with Crippen molar-refractivity contribution in [2.24, 2.45) is 0 Å². The van der Waals surface area contributed by atoms with Gasteiger partial charge in [-0.1, -0.05) is 0 Å². The van der Waals surface area contributed by atoms with Crippen LogP contribution in [0.3, 0.4) is 0 Å². The zero-order chi connectivity index (χ0) is 8.97. The minimum atomic E-state index is 1.16. The van der Waals surface area contributed by atoms with E-state index in [0.717, 1.165) is 13.1 Å². The second-order valence-corrected chi connectivity index (χ2v) is 3.52. The summed E-state index contributed by atoms with van der Waals surface area (Å²) in [6.45, 7) is 6.79. The van der Waals surface area contributed by atoms with Gasteiger partial charge in [-0.15, -0.1) is 0 Å². The SMILES string of the molecule is CC(=CNO)[NH+]1CC[NH+](C)CC1. The van der Waals surface area contributed by atoms with Crippen LogP contribution in [0.15, 0.2) is 11.9 Å². The minimum Gasteiger partial charge on any atom is -0.328 e. The number of piperazine rings is 1. The van der Waals surface area contributed by atoms with Crippen molar-refractivity contribution in [3.05, 3.63) is 11.9 Å². The summed E-state index contributed by atoms with van der Waals surface area (Å²) in [5.74, 6) is 0. The van der Waals surface area contributed by atoms with E-state index in [9.17, 15) is 0 Å². The number of hydroxylamine groups is 1. The molecule has 12 heavy (non-hydrogen) atoms. The third-order valence-electron chi connectivity index (χ3n) is 2.55. The van der Waals surface area contributed by atoms with Gasteiger partial charge in [-0.25, -0.2) is 0 Å². The van der Waals surface area contributed by atoms with Crippen LogP contribution in [0.2, 0.25) is 0 Å². The average Bonchev–Trinajstić information content (AvgIpc) is 2.06. The van der Waals surface area contributed by atoms with Crippen molar-refractivity contribution >= 4 is 0 Å². The van der Waals surface area contributed by atoms with E-state index in [2.05, 4.69) is 12.5 Å². The van der Waals surface area contributed by atoms with Crippen LogP contribution in [0.5, 0.6) is 0 Å². The third-order valence-corrected chi connectivity index (χ3v) is 2.55. The number of nitrogens with one attached hydrogen (secondary N) is 3. The molecule has 4 heteroatoms. The fourth-order valence-electron chi connectivity index (χ4n) is 1.57. The number of hydrogen-bond acceptors (Lipinski definition) is 2. The van der Waals surface area contributed by atoms with E-state index in [1.54, 1.807) is 11.1 Å². The second kappa shape index (κ2) is 4.45. The number of hydrogen-bond donors (Lipinski definition) is 4. The molecule has 0 spiro atoms. The van der Waals surface area contributed by atoms with E-state index in [4.69, 9.17) is 5.21 Å². The summed E-state index contributed by atoms with van der Waals surface area (Å²) in [6.07, 6.45) is 1.66. The Hall–Kier alpha value is -0.580. The Bertz CT molecular complexity index is 162. The molecule has 1 aliphatic heterocycles. The molecule has 1 heterocycles. The molecule has 0 bridgehead atoms. The monoisotopic (exact) mass is 173 g/mol. The van der Waals surface area contributed by atoms with Crippen LogP contribution in [0.25, 0.3) is 0 Å². The zero-order valence-electron chi connectivity index (χ0n) is 7.85. The summed E-state index contributed by atoms with van der Waals surface area (Å²) < 4.78 is 0. The molecule has 0 amide bonds. The summed E-state index contributed by atoms with van der Waals surface area (Å²) >= 11 is 0. The summed E-state index contributed by atoms with van der Waals surface area (Å²) in [7, 11) is 2.22.